The summed E-state index contributed by atoms with van der Waals surface area (Å²) in [6, 6.07) is 16.8. The van der Waals surface area contributed by atoms with E-state index in [4.69, 9.17) is 0 Å². The minimum Gasteiger partial charge on any atom is -0.292 e. The van der Waals surface area contributed by atoms with Crippen molar-refractivity contribution in [2.75, 3.05) is 5.01 Å². The summed E-state index contributed by atoms with van der Waals surface area (Å²) in [7, 11) is 0. The molecule has 0 unspecified atom stereocenters. The van der Waals surface area contributed by atoms with Crippen molar-refractivity contribution in [2.45, 2.75) is 6.18 Å². The molecular weight excluding hydrogens is 353 g/mol. The number of nitrogens with zero attached hydrogens (tertiary/aromatic N) is 3. The molecule has 0 saturated heterocycles. The van der Waals surface area contributed by atoms with Gasteiger partial charge >= 0.3 is 6.18 Å². The van der Waals surface area contributed by atoms with Gasteiger partial charge in [0.2, 0.25) is 0 Å². The van der Waals surface area contributed by atoms with E-state index in [1.807, 2.05) is 30.3 Å². The molecule has 4 nitrogen and oxygen atoms in total. The molecule has 1 aliphatic heterocycles. The number of hydrogen-bond acceptors (Lipinski definition) is 3. The lowest BCUT2D eigenvalue weighted by atomic mass is 10.1. The van der Waals surface area contributed by atoms with Crippen LogP contribution in [0, 0.1) is 0 Å². The number of rotatable bonds is 3. The first kappa shape index (κ1) is 17.0. The molecule has 1 aromatic heterocycles. The zero-order valence-corrected chi connectivity index (χ0v) is 14.1. The van der Waals surface area contributed by atoms with Crippen LogP contribution >= 0.6 is 0 Å². The second-order valence-electron chi connectivity index (χ2n) is 5.88. The standard InChI is InChI=1S/C20H15F3N4/c21-20(22,23)16-9-4-5-11-18(16)26-14-6-10-17(25-26)19-12-13-24-27(19)15-7-2-1-3-8-15/h1-14,25H. The average Bonchev–Trinajstić information content (AvgIpc) is 3.18. The Balaban J connectivity index is 1.68. The Kier molecular flexibility index (Phi) is 4.19. The molecule has 0 radical (unpaired) electrons. The molecule has 0 amide bonds. The van der Waals surface area contributed by atoms with Gasteiger partial charge in [-0.1, -0.05) is 30.3 Å². The maximum absolute atomic E-state index is 13.4. The highest BCUT2D eigenvalue weighted by Crippen LogP contribution is 2.37. The van der Waals surface area contributed by atoms with E-state index in [2.05, 4.69) is 10.5 Å². The third kappa shape index (κ3) is 3.31. The number of hydrogen-bond donors (Lipinski definition) is 1. The van der Waals surface area contributed by atoms with Crippen LogP contribution < -0.4 is 10.4 Å². The van der Waals surface area contributed by atoms with E-state index in [0.717, 1.165) is 17.4 Å². The highest BCUT2D eigenvalue weighted by atomic mass is 19.4. The van der Waals surface area contributed by atoms with Crippen molar-refractivity contribution in [3.8, 4) is 5.69 Å². The first-order chi connectivity index (χ1) is 13.0. The van der Waals surface area contributed by atoms with Gasteiger partial charge in [0.15, 0.2) is 0 Å². The molecule has 0 spiro atoms. The summed E-state index contributed by atoms with van der Waals surface area (Å²) in [4.78, 5) is 0. The van der Waals surface area contributed by atoms with E-state index < -0.39 is 11.7 Å². The second kappa shape index (κ2) is 6.68. The van der Waals surface area contributed by atoms with Gasteiger partial charge in [-0.2, -0.15) is 18.3 Å². The summed E-state index contributed by atoms with van der Waals surface area (Å²) in [6.45, 7) is 0. The number of hydrazine groups is 1. The molecule has 136 valence electrons. The fourth-order valence-electron chi connectivity index (χ4n) is 2.92. The lowest BCUT2D eigenvalue weighted by Crippen LogP contribution is -2.35. The van der Waals surface area contributed by atoms with Gasteiger partial charge in [0.25, 0.3) is 0 Å². The molecule has 1 N–H and O–H groups in total. The highest BCUT2D eigenvalue weighted by Gasteiger charge is 2.34. The average molecular weight is 368 g/mol. The molecule has 2 heterocycles. The molecule has 1 aliphatic rings. The molecule has 7 heteroatoms. The largest absolute Gasteiger partial charge is 0.418 e. The summed E-state index contributed by atoms with van der Waals surface area (Å²) in [5.41, 5.74) is 4.59. The van der Waals surface area contributed by atoms with Crippen molar-refractivity contribution in [3.63, 3.8) is 0 Å². The first-order valence-corrected chi connectivity index (χ1v) is 8.24. The third-order valence-corrected chi connectivity index (χ3v) is 4.13. The maximum atomic E-state index is 13.4. The normalized spacial score (nSPS) is 14.0. The van der Waals surface area contributed by atoms with Crippen LogP contribution in [0.15, 0.2) is 85.2 Å². The number of halogens is 3. The van der Waals surface area contributed by atoms with E-state index in [0.29, 0.717) is 5.70 Å². The van der Waals surface area contributed by atoms with E-state index >= 15 is 0 Å². The van der Waals surface area contributed by atoms with E-state index in [9.17, 15) is 13.2 Å². The number of para-hydroxylation sites is 2. The summed E-state index contributed by atoms with van der Waals surface area (Å²) >= 11 is 0. The summed E-state index contributed by atoms with van der Waals surface area (Å²) in [5, 5.41) is 5.69. The molecule has 0 saturated carbocycles. The monoisotopic (exact) mass is 368 g/mol. The minimum absolute atomic E-state index is 0.0256. The first-order valence-electron chi connectivity index (χ1n) is 8.24. The van der Waals surface area contributed by atoms with Gasteiger partial charge in [0, 0.05) is 6.20 Å². The van der Waals surface area contributed by atoms with Gasteiger partial charge in [-0.15, -0.1) is 0 Å². The van der Waals surface area contributed by atoms with Gasteiger partial charge in [-0.05, 0) is 42.5 Å². The summed E-state index contributed by atoms with van der Waals surface area (Å²) < 4.78 is 41.8. The van der Waals surface area contributed by atoms with E-state index in [1.165, 1.54) is 17.1 Å². The predicted molar refractivity (Wildman–Crippen MR) is 97.7 cm³/mol. The highest BCUT2D eigenvalue weighted by molar-refractivity contribution is 5.70. The van der Waals surface area contributed by atoms with Crippen molar-refractivity contribution >= 4 is 11.4 Å². The van der Waals surface area contributed by atoms with Gasteiger partial charge < -0.3 is 0 Å². The van der Waals surface area contributed by atoms with Crippen LogP contribution in [0.25, 0.3) is 11.4 Å². The van der Waals surface area contributed by atoms with Crippen molar-refractivity contribution < 1.29 is 13.2 Å². The number of aromatic nitrogens is 2. The maximum Gasteiger partial charge on any atom is 0.418 e. The van der Waals surface area contributed by atoms with E-state index in [1.54, 1.807) is 41.4 Å². The van der Waals surface area contributed by atoms with Crippen LogP contribution in [0.1, 0.15) is 11.3 Å². The van der Waals surface area contributed by atoms with Crippen LogP contribution in [-0.4, -0.2) is 9.78 Å². The quantitative estimate of drug-likeness (QED) is 0.723. The molecule has 4 rings (SSSR count). The minimum atomic E-state index is -4.45. The zero-order chi connectivity index (χ0) is 18.9. The zero-order valence-electron chi connectivity index (χ0n) is 14.1. The third-order valence-electron chi connectivity index (χ3n) is 4.13. The Morgan fingerprint density at radius 1 is 0.889 bits per heavy atom. The van der Waals surface area contributed by atoms with Crippen LogP contribution in [0.2, 0.25) is 0 Å². The lowest BCUT2D eigenvalue weighted by Gasteiger charge is -2.29. The van der Waals surface area contributed by atoms with Gasteiger partial charge in [0.05, 0.1) is 34.5 Å². The molecule has 27 heavy (non-hydrogen) atoms. The Labute approximate surface area is 153 Å². The van der Waals surface area contributed by atoms with Crippen molar-refractivity contribution in [2.24, 2.45) is 0 Å². The van der Waals surface area contributed by atoms with Gasteiger partial charge in [-0.3, -0.25) is 10.4 Å². The lowest BCUT2D eigenvalue weighted by molar-refractivity contribution is -0.137. The number of anilines is 1. The van der Waals surface area contributed by atoms with Gasteiger partial charge in [-0.25, -0.2) is 4.68 Å². The molecular formula is C20H15F3N4. The number of allylic oxidation sites excluding steroid dienone is 2. The number of alkyl halides is 3. The SMILES string of the molecule is FC(F)(F)c1ccccc1N1C=CC=C(c2ccnn2-c2ccccc2)N1. The second-order valence-corrected chi connectivity index (χ2v) is 5.88. The Bertz CT molecular complexity index is 1000. The van der Waals surface area contributed by atoms with Crippen molar-refractivity contribution in [1.29, 1.82) is 0 Å². The van der Waals surface area contributed by atoms with E-state index in [-0.39, 0.29) is 5.69 Å². The smallest absolute Gasteiger partial charge is 0.292 e. The van der Waals surface area contributed by atoms with Crippen LogP contribution in [0.3, 0.4) is 0 Å². The molecule has 0 fully saturated rings. The van der Waals surface area contributed by atoms with Crippen LogP contribution in [0.4, 0.5) is 18.9 Å². The fraction of sp³-hybridized carbons (Fsp3) is 0.0500. The molecule has 0 atom stereocenters. The molecule has 3 aromatic rings. The Morgan fingerprint density at radius 2 is 1.63 bits per heavy atom. The van der Waals surface area contributed by atoms with Gasteiger partial charge in [0.1, 0.15) is 0 Å². The molecule has 2 aromatic carbocycles. The Morgan fingerprint density at radius 3 is 2.41 bits per heavy atom. The van der Waals surface area contributed by atoms with Crippen molar-refractivity contribution in [3.05, 3.63) is 96.5 Å². The Hall–Kier alpha value is -3.48. The van der Waals surface area contributed by atoms with Crippen molar-refractivity contribution in [1.82, 2.24) is 15.2 Å². The molecule has 0 bridgehead atoms. The van der Waals surface area contributed by atoms with Crippen LogP contribution in [0.5, 0.6) is 0 Å². The number of nitrogens with one attached hydrogen (secondary N) is 1. The summed E-state index contributed by atoms with van der Waals surface area (Å²) in [6.07, 6.45) is 2.25. The van der Waals surface area contributed by atoms with Crippen LogP contribution in [-0.2, 0) is 6.18 Å². The summed E-state index contributed by atoms with van der Waals surface area (Å²) in [5.74, 6) is 0. The number of benzene rings is 2. The fourth-order valence-corrected chi connectivity index (χ4v) is 2.92. The molecule has 0 aliphatic carbocycles. The topological polar surface area (TPSA) is 33.1 Å². The predicted octanol–water partition coefficient (Wildman–Crippen LogP) is 4.77.